The Morgan fingerprint density at radius 2 is 2.00 bits per heavy atom. The quantitative estimate of drug-likeness (QED) is 0.852. The van der Waals surface area contributed by atoms with Crippen LogP contribution in [0.4, 0.5) is 5.69 Å². The summed E-state index contributed by atoms with van der Waals surface area (Å²) in [6, 6.07) is 13.8. The van der Waals surface area contributed by atoms with Crippen molar-refractivity contribution >= 4 is 23.0 Å². The van der Waals surface area contributed by atoms with E-state index in [0.717, 1.165) is 18.0 Å². The molecule has 0 unspecified atom stereocenters. The molecule has 0 fully saturated rings. The van der Waals surface area contributed by atoms with Gasteiger partial charge in [0.2, 0.25) is 0 Å². The van der Waals surface area contributed by atoms with E-state index in [1.807, 2.05) is 42.5 Å². The van der Waals surface area contributed by atoms with Crippen molar-refractivity contribution in [3.05, 3.63) is 54.5 Å². The van der Waals surface area contributed by atoms with Gasteiger partial charge in [0.15, 0.2) is 5.11 Å². The normalized spacial score (nSPS) is 10.1. The highest BCUT2D eigenvalue weighted by molar-refractivity contribution is 7.80. The maximum atomic E-state index is 5.40. The first-order valence-electron chi connectivity index (χ1n) is 5.93. The highest BCUT2D eigenvalue weighted by Crippen LogP contribution is 2.10. The van der Waals surface area contributed by atoms with Gasteiger partial charge in [-0.1, -0.05) is 18.2 Å². The molecule has 0 radical (unpaired) electrons. The molecular weight excluding hydrogens is 244 g/mol. The Hall–Kier alpha value is -1.81. The first-order valence-corrected chi connectivity index (χ1v) is 6.33. The van der Waals surface area contributed by atoms with Gasteiger partial charge in [0.1, 0.15) is 5.76 Å². The van der Waals surface area contributed by atoms with Gasteiger partial charge in [-0.25, -0.2) is 0 Å². The van der Waals surface area contributed by atoms with Crippen LogP contribution in [0, 0.1) is 0 Å². The molecule has 1 aromatic carbocycles. The van der Waals surface area contributed by atoms with E-state index in [4.69, 9.17) is 16.6 Å². The van der Waals surface area contributed by atoms with Crippen molar-refractivity contribution in [2.75, 3.05) is 11.9 Å². The van der Waals surface area contributed by atoms with Crippen molar-refractivity contribution < 1.29 is 4.42 Å². The largest absolute Gasteiger partial charge is 0.467 e. The molecule has 18 heavy (non-hydrogen) atoms. The SMILES string of the molecule is CCN(Cc1ccco1)C(=S)Nc1ccccc1. The third-order valence-electron chi connectivity index (χ3n) is 2.62. The third kappa shape index (κ3) is 3.34. The summed E-state index contributed by atoms with van der Waals surface area (Å²) in [6.07, 6.45) is 1.68. The molecule has 0 bridgehead atoms. The molecule has 3 nitrogen and oxygen atoms in total. The van der Waals surface area contributed by atoms with Crippen LogP contribution >= 0.6 is 12.2 Å². The molecular formula is C14H16N2OS. The zero-order valence-corrected chi connectivity index (χ0v) is 11.1. The predicted molar refractivity (Wildman–Crippen MR) is 77.5 cm³/mol. The number of nitrogens with one attached hydrogen (secondary N) is 1. The van der Waals surface area contributed by atoms with Crippen molar-refractivity contribution in [2.45, 2.75) is 13.5 Å². The van der Waals surface area contributed by atoms with Crippen LogP contribution in [0.15, 0.2) is 53.1 Å². The molecule has 0 saturated carbocycles. The first-order chi connectivity index (χ1) is 8.79. The van der Waals surface area contributed by atoms with Crippen LogP contribution in [0.2, 0.25) is 0 Å². The fourth-order valence-electron chi connectivity index (χ4n) is 1.64. The average Bonchev–Trinajstić information content (AvgIpc) is 2.90. The highest BCUT2D eigenvalue weighted by Gasteiger charge is 2.09. The number of hydrogen-bond donors (Lipinski definition) is 1. The van der Waals surface area contributed by atoms with Crippen molar-refractivity contribution in [1.82, 2.24) is 4.90 Å². The molecule has 0 aliphatic carbocycles. The van der Waals surface area contributed by atoms with Gasteiger partial charge >= 0.3 is 0 Å². The third-order valence-corrected chi connectivity index (χ3v) is 2.98. The zero-order chi connectivity index (χ0) is 12.8. The number of benzene rings is 1. The molecule has 0 aliphatic heterocycles. The number of thiocarbonyl (C=S) groups is 1. The summed E-state index contributed by atoms with van der Waals surface area (Å²) in [7, 11) is 0. The van der Waals surface area contributed by atoms with Crippen molar-refractivity contribution in [1.29, 1.82) is 0 Å². The molecule has 0 amide bonds. The smallest absolute Gasteiger partial charge is 0.173 e. The zero-order valence-electron chi connectivity index (χ0n) is 10.3. The number of nitrogens with zero attached hydrogens (tertiary/aromatic N) is 1. The molecule has 0 aliphatic rings. The number of anilines is 1. The fourth-order valence-corrected chi connectivity index (χ4v) is 1.95. The van der Waals surface area contributed by atoms with Crippen molar-refractivity contribution in [3.63, 3.8) is 0 Å². The molecule has 1 heterocycles. The lowest BCUT2D eigenvalue weighted by Gasteiger charge is -2.23. The number of furan rings is 1. The Bertz CT molecular complexity index is 482. The van der Waals surface area contributed by atoms with E-state index in [1.165, 1.54) is 0 Å². The minimum Gasteiger partial charge on any atom is -0.467 e. The second-order valence-electron chi connectivity index (χ2n) is 3.89. The van der Waals surface area contributed by atoms with Crippen LogP contribution < -0.4 is 5.32 Å². The van der Waals surface area contributed by atoms with Crippen LogP contribution in [-0.2, 0) is 6.54 Å². The molecule has 0 saturated heterocycles. The average molecular weight is 260 g/mol. The van der Waals surface area contributed by atoms with Crippen LogP contribution in [0.25, 0.3) is 0 Å². The maximum absolute atomic E-state index is 5.40. The summed E-state index contributed by atoms with van der Waals surface area (Å²) >= 11 is 5.40. The van der Waals surface area contributed by atoms with E-state index in [2.05, 4.69) is 17.1 Å². The summed E-state index contributed by atoms with van der Waals surface area (Å²) in [5.41, 5.74) is 1.00. The minimum absolute atomic E-state index is 0.683. The number of rotatable bonds is 4. The van der Waals surface area contributed by atoms with Crippen LogP contribution in [0.5, 0.6) is 0 Å². The summed E-state index contributed by atoms with van der Waals surface area (Å²) in [4.78, 5) is 2.06. The summed E-state index contributed by atoms with van der Waals surface area (Å²) in [5, 5.41) is 3.93. The summed E-state index contributed by atoms with van der Waals surface area (Å²) in [6.45, 7) is 3.59. The molecule has 2 aromatic rings. The van der Waals surface area contributed by atoms with E-state index in [1.54, 1.807) is 6.26 Å². The standard InChI is InChI=1S/C14H16N2OS/c1-2-16(11-13-9-6-10-17-13)14(18)15-12-7-4-3-5-8-12/h3-10H,2,11H2,1H3,(H,15,18). The van der Waals surface area contributed by atoms with Crippen LogP contribution in [0.3, 0.4) is 0 Å². The predicted octanol–water partition coefficient (Wildman–Crippen LogP) is 3.50. The van der Waals surface area contributed by atoms with E-state index in [0.29, 0.717) is 11.7 Å². The number of para-hydroxylation sites is 1. The van der Waals surface area contributed by atoms with Gasteiger partial charge in [-0.15, -0.1) is 0 Å². The molecule has 0 spiro atoms. The molecule has 2 rings (SSSR count). The minimum atomic E-state index is 0.683. The lowest BCUT2D eigenvalue weighted by atomic mass is 10.3. The fraction of sp³-hybridized carbons (Fsp3) is 0.214. The van der Waals surface area contributed by atoms with Gasteiger partial charge in [0.25, 0.3) is 0 Å². The topological polar surface area (TPSA) is 28.4 Å². The lowest BCUT2D eigenvalue weighted by molar-refractivity contribution is 0.379. The van der Waals surface area contributed by atoms with Crippen LogP contribution in [-0.4, -0.2) is 16.6 Å². The lowest BCUT2D eigenvalue weighted by Crippen LogP contribution is -2.33. The van der Waals surface area contributed by atoms with Gasteiger partial charge in [-0.2, -0.15) is 0 Å². The summed E-state index contributed by atoms with van der Waals surface area (Å²) < 4.78 is 5.34. The van der Waals surface area contributed by atoms with E-state index < -0.39 is 0 Å². The van der Waals surface area contributed by atoms with Gasteiger partial charge < -0.3 is 14.6 Å². The molecule has 0 atom stereocenters. The second-order valence-corrected chi connectivity index (χ2v) is 4.28. The summed E-state index contributed by atoms with van der Waals surface area (Å²) in [5.74, 6) is 0.911. The van der Waals surface area contributed by atoms with Gasteiger partial charge in [-0.3, -0.25) is 0 Å². The highest BCUT2D eigenvalue weighted by atomic mass is 32.1. The van der Waals surface area contributed by atoms with Crippen molar-refractivity contribution in [3.8, 4) is 0 Å². The van der Waals surface area contributed by atoms with E-state index >= 15 is 0 Å². The van der Waals surface area contributed by atoms with Crippen molar-refractivity contribution in [2.24, 2.45) is 0 Å². The Morgan fingerprint density at radius 1 is 1.22 bits per heavy atom. The Labute approximate surface area is 112 Å². The molecule has 1 N–H and O–H groups in total. The Balaban J connectivity index is 1.98. The maximum Gasteiger partial charge on any atom is 0.173 e. The molecule has 94 valence electrons. The van der Waals surface area contributed by atoms with E-state index in [-0.39, 0.29) is 0 Å². The van der Waals surface area contributed by atoms with Gasteiger partial charge in [0.05, 0.1) is 12.8 Å². The van der Waals surface area contributed by atoms with Gasteiger partial charge in [0, 0.05) is 12.2 Å². The van der Waals surface area contributed by atoms with Crippen LogP contribution in [0.1, 0.15) is 12.7 Å². The van der Waals surface area contributed by atoms with Gasteiger partial charge in [-0.05, 0) is 43.4 Å². The monoisotopic (exact) mass is 260 g/mol. The van der Waals surface area contributed by atoms with E-state index in [9.17, 15) is 0 Å². The molecule has 1 aromatic heterocycles. The molecule has 4 heteroatoms. The first kappa shape index (κ1) is 12.6. The second kappa shape index (κ2) is 6.21. The Morgan fingerprint density at radius 3 is 2.61 bits per heavy atom. The Kier molecular flexibility index (Phi) is 4.36. The number of hydrogen-bond acceptors (Lipinski definition) is 2.